The number of aromatic nitrogens is 3. The highest BCUT2D eigenvalue weighted by Gasteiger charge is 2.43. The Bertz CT molecular complexity index is 642. The molecule has 0 radical (unpaired) electrons. The largest absolute Gasteiger partial charge is 0.356 e. The molecule has 6 heteroatoms. The van der Waals surface area contributed by atoms with Crippen LogP contribution in [0, 0.1) is 0 Å². The number of aliphatic imine (C=N–C) groups is 1. The molecule has 0 saturated heterocycles. The summed E-state index contributed by atoms with van der Waals surface area (Å²) in [6.07, 6.45) is 4.15. The van der Waals surface area contributed by atoms with E-state index in [4.69, 9.17) is 0 Å². The standard InChI is InChI=1S/C16H22N6/c1-17-15(18-10-14-21-20-12-22(14)2)19-11-16(8-9-16)13-6-4-3-5-7-13/h3-7,12H,8-11H2,1-2H3,(H2,17,18,19). The number of aryl methyl sites for hydroxylation is 1. The van der Waals surface area contributed by atoms with Crippen LogP contribution in [-0.4, -0.2) is 34.3 Å². The quantitative estimate of drug-likeness (QED) is 0.643. The molecule has 22 heavy (non-hydrogen) atoms. The van der Waals surface area contributed by atoms with Crippen LogP contribution in [0.3, 0.4) is 0 Å². The minimum atomic E-state index is 0.268. The van der Waals surface area contributed by atoms with Crippen molar-refractivity contribution < 1.29 is 0 Å². The van der Waals surface area contributed by atoms with Crippen LogP contribution in [0.1, 0.15) is 24.2 Å². The fourth-order valence-corrected chi connectivity index (χ4v) is 2.61. The van der Waals surface area contributed by atoms with Crippen LogP contribution in [0.25, 0.3) is 0 Å². The van der Waals surface area contributed by atoms with Crippen molar-refractivity contribution in [3.8, 4) is 0 Å². The molecule has 1 aliphatic rings. The highest BCUT2D eigenvalue weighted by molar-refractivity contribution is 5.79. The Morgan fingerprint density at radius 1 is 1.27 bits per heavy atom. The molecule has 3 rings (SSSR count). The predicted molar refractivity (Wildman–Crippen MR) is 86.6 cm³/mol. The maximum atomic E-state index is 4.28. The Labute approximate surface area is 130 Å². The van der Waals surface area contributed by atoms with Gasteiger partial charge in [0.25, 0.3) is 0 Å². The van der Waals surface area contributed by atoms with Gasteiger partial charge in [-0.2, -0.15) is 0 Å². The van der Waals surface area contributed by atoms with Crippen LogP contribution in [0.15, 0.2) is 41.7 Å². The molecule has 0 bridgehead atoms. The second-order valence-corrected chi connectivity index (χ2v) is 5.78. The third-order valence-electron chi connectivity index (χ3n) is 4.28. The zero-order chi connectivity index (χ0) is 15.4. The molecule has 1 heterocycles. The molecular formula is C16H22N6. The first kappa shape index (κ1) is 14.6. The van der Waals surface area contributed by atoms with Crippen molar-refractivity contribution in [3.63, 3.8) is 0 Å². The van der Waals surface area contributed by atoms with E-state index in [0.717, 1.165) is 18.3 Å². The summed E-state index contributed by atoms with van der Waals surface area (Å²) in [6, 6.07) is 10.7. The summed E-state index contributed by atoms with van der Waals surface area (Å²) in [7, 11) is 3.72. The van der Waals surface area contributed by atoms with E-state index in [1.807, 2.05) is 11.6 Å². The number of nitrogens with zero attached hydrogens (tertiary/aromatic N) is 4. The molecule has 1 aliphatic carbocycles. The summed E-state index contributed by atoms with van der Waals surface area (Å²) < 4.78 is 1.90. The molecule has 2 aromatic rings. The molecule has 1 fully saturated rings. The first-order valence-electron chi connectivity index (χ1n) is 7.56. The fourth-order valence-electron chi connectivity index (χ4n) is 2.61. The van der Waals surface area contributed by atoms with Gasteiger partial charge in [-0.15, -0.1) is 10.2 Å². The Kier molecular flexibility index (Phi) is 4.09. The van der Waals surface area contributed by atoms with Crippen molar-refractivity contribution in [2.75, 3.05) is 13.6 Å². The van der Waals surface area contributed by atoms with Crippen molar-refractivity contribution >= 4 is 5.96 Å². The lowest BCUT2D eigenvalue weighted by molar-refractivity contribution is 0.640. The molecule has 6 nitrogen and oxygen atoms in total. The van der Waals surface area contributed by atoms with E-state index in [2.05, 4.69) is 56.2 Å². The Balaban J connectivity index is 1.55. The molecule has 0 atom stereocenters. The maximum absolute atomic E-state index is 4.28. The van der Waals surface area contributed by atoms with E-state index in [1.165, 1.54) is 18.4 Å². The number of hydrogen-bond acceptors (Lipinski definition) is 3. The third-order valence-corrected chi connectivity index (χ3v) is 4.28. The van der Waals surface area contributed by atoms with Gasteiger partial charge in [0, 0.05) is 26.1 Å². The van der Waals surface area contributed by atoms with Gasteiger partial charge in [-0.3, -0.25) is 4.99 Å². The predicted octanol–water partition coefficient (Wildman–Crippen LogP) is 1.21. The van der Waals surface area contributed by atoms with E-state index in [-0.39, 0.29) is 5.41 Å². The van der Waals surface area contributed by atoms with Crippen LogP contribution in [0.2, 0.25) is 0 Å². The smallest absolute Gasteiger partial charge is 0.191 e. The molecule has 1 saturated carbocycles. The van der Waals surface area contributed by atoms with Crippen LogP contribution in [0.5, 0.6) is 0 Å². The molecule has 0 aliphatic heterocycles. The van der Waals surface area contributed by atoms with Crippen molar-refractivity contribution in [3.05, 3.63) is 48.0 Å². The molecular weight excluding hydrogens is 276 g/mol. The molecule has 0 amide bonds. The van der Waals surface area contributed by atoms with Gasteiger partial charge in [0.05, 0.1) is 6.54 Å². The Hall–Kier alpha value is -2.37. The minimum Gasteiger partial charge on any atom is -0.356 e. The van der Waals surface area contributed by atoms with Gasteiger partial charge >= 0.3 is 0 Å². The third kappa shape index (κ3) is 3.10. The van der Waals surface area contributed by atoms with E-state index >= 15 is 0 Å². The lowest BCUT2D eigenvalue weighted by Crippen LogP contribution is -2.41. The lowest BCUT2D eigenvalue weighted by atomic mass is 9.96. The van der Waals surface area contributed by atoms with E-state index in [9.17, 15) is 0 Å². The summed E-state index contributed by atoms with van der Waals surface area (Å²) in [4.78, 5) is 4.28. The van der Waals surface area contributed by atoms with Crippen LogP contribution in [0.4, 0.5) is 0 Å². The number of hydrogen-bond donors (Lipinski definition) is 2. The fraction of sp³-hybridized carbons (Fsp3) is 0.438. The highest BCUT2D eigenvalue weighted by atomic mass is 15.3. The van der Waals surface area contributed by atoms with Crippen molar-refractivity contribution in [1.29, 1.82) is 0 Å². The molecule has 0 spiro atoms. The number of rotatable bonds is 5. The van der Waals surface area contributed by atoms with Gasteiger partial charge in [-0.05, 0) is 18.4 Å². The molecule has 116 valence electrons. The number of nitrogens with one attached hydrogen (secondary N) is 2. The van der Waals surface area contributed by atoms with Gasteiger partial charge in [-0.1, -0.05) is 30.3 Å². The average Bonchev–Trinajstić information content (AvgIpc) is 3.25. The van der Waals surface area contributed by atoms with E-state index in [1.54, 1.807) is 13.4 Å². The summed E-state index contributed by atoms with van der Waals surface area (Å²) in [5, 5.41) is 14.6. The topological polar surface area (TPSA) is 67.1 Å². The van der Waals surface area contributed by atoms with Gasteiger partial charge in [0.1, 0.15) is 6.33 Å². The summed E-state index contributed by atoms with van der Waals surface area (Å²) in [6.45, 7) is 1.50. The first-order valence-corrected chi connectivity index (χ1v) is 7.56. The van der Waals surface area contributed by atoms with Crippen LogP contribution >= 0.6 is 0 Å². The first-order chi connectivity index (χ1) is 10.7. The van der Waals surface area contributed by atoms with Crippen molar-refractivity contribution in [2.45, 2.75) is 24.8 Å². The minimum absolute atomic E-state index is 0.268. The highest BCUT2D eigenvalue weighted by Crippen LogP contribution is 2.47. The molecule has 2 N–H and O–H groups in total. The van der Waals surface area contributed by atoms with E-state index < -0.39 is 0 Å². The summed E-state index contributed by atoms with van der Waals surface area (Å²) in [5.41, 5.74) is 1.68. The van der Waals surface area contributed by atoms with E-state index in [0.29, 0.717) is 6.54 Å². The lowest BCUT2D eigenvalue weighted by Gasteiger charge is -2.19. The second-order valence-electron chi connectivity index (χ2n) is 5.78. The van der Waals surface area contributed by atoms with Crippen LogP contribution in [-0.2, 0) is 19.0 Å². The second kappa shape index (κ2) is 6.17. The van der Waals surface area contributed by atoms with Gasteiger partial charge < -0.3 is 15.2 Å². The van der Waals surface area contributed by atoms with Crippen LogP contribution < -0.4 is 10.6 Å². The summed E-state index contributed by atoms with van der Waals surface area (Å²) in [5.74, 6) is 1.68. The van der Waals surface area contributed by atoms with Crippen molar-refractivity contribution in [1.82, 2.24) is 25.4 Å². The Morgan fingerprint density at radius 2 is 2.05 bits per heavy atom. The number of benzene rings is 1. The number of guanidine groups is 1. The molecule has 1 aromatic carbocycles. The summed E-state index contributed by atoms with van der Waals surface area (Å²) >= 11 is 0. The molecule has 0 unspecified atom stereocenters. The van der Waals surface area contributed by atoms with Gasteiger partial charge in [-0.25, -0.2) is 0 Å². The monoisotopic (exact) mass is 298 g/mol. The zero-order valence-electron chi connectivity index (χ0n) is 13.1. The van der Waals surface area contributed by atoms with Crippen molar-refractivity contribution in [2.24, 2.45) is 12.0 Å². The zero-order valence-corrected chi connectivity index (χ0v) is 13.1. The van der Waals surface area contributed by atoms with Gasteiger partial charge in [0.15, 0.2) is 11.8 Å². The SMILES string of the molecule is CN=C(NCc1nncn1C)NCC1(c2ccccc2)CC1. The normalized spacial score (nSPS) is 16.4. The Morgan fingerprint density at radius 3 is 2.64 bits per heavy atom. The average molecular weight is 298 g/mol. The van der Waals surface area contributed by atoms with Gasteiger partial charge in [0.2, 0.25) is 0 Å². The molecule has 1 aromatic heterocycles. The maximum Gasteiger partial charge on any atom is 0.191 e.